The first kappa shape index (κ1) is 18.5. The van der Waals surface area contributed by atoms with Gasteiger partial charge in [-0.25, -0.2) is 22.2 Å². The van der Waals surface area contributed by atoms with Gasteiger partial charge in [0.1, 0.15) is 0 Å². The van der Waals surface area contributed by atoms with Crippen molar-refractivity contribution in [1.29, 1.82) is 0 Å². The molecule has 0 saturated carbocycles. The minimum absolute atomic E-state index is 0.0681. The molecule has 138 valence electrons. The molecular weight excluding hydrogens is 360 g/mol. The fourth-order valence-corrected chi connectivity index (χ4v) is 3.88. The minimum Gasteiger partial charge on any atom is -0.481 e. The highest BCUT2D eigenvalue weighted by atomic mass is 32.2. The number of alkyl halides is 2. The SMILES string of the molecule is COc1ncc(C2=C(c3ccc(S(C)(=O)=O)cc3)CCC2)cc1C(F)F. The predicted molar refractivity (Wildman–Crippen MR) is 96.0 cm³/mol. The third-order valence-electron chi connectivity index (χ3n) is 4.50. The highest BCUT2D eigenvalue weighted by molar-refractivity contribution is 7.90. The zero-order valence-electron chi connectivity index (χ0n) is 14.5. The summed E-state index contributed by atoms with van der Waals surface area (Å²) >= 11 is 0. The summed E-state index contributed by atoms with van der Waals surface area (Å²) in [4.78, 5) is 4.28. The van der Waals surface area contributed by atoms with Gasteiger partial charge in [-0.2, -0.15) is 0 Å². The van der Waals surface area contributed by atoms with Gasteiger partial charge < -0.3 is 4.74 Å². The van der Waals surface area contributed by atoms with E-state index < -0.39 is 16.3 Å². The smallest absolute Gasteiger partial charge is 0.269 e. The summed E-state index contributed by atoms with van der Waals surface area (Å²) in [6, 6.07) is 8.11. The molecule has 0 fully saturated rings. The van der Waals surface area contributed by atoms with Crippen LogP contribution in [0, 0.1) is 0 Å². The molecule has 3 rings (SSSR count). The van der Waals surface area contributed by atoms with E-state index in [9.17, 15) is 17.2 Å². The molecule has 4 nitrogen and oxygen atoms in total. The zero-order chi connectivity index (χ0) is 18.9. The van der Waals surface area contributed by atoms with E-state index in [1.165, 1.54) is 13.2 Å². The second-order valence-electron chi connectivity index (χ2n) is 6.23. The minimum atomic E-state index is -3.25. The van der Waals surface area contributed by atoms with Crippen LogP contribution in [0.3, 0.4) is 0 Å². The summed E-state index contributed by atoms with van der Waals surface area (Å²) in [6.45, 7) is 0. The third-order valence-corrected chi connectivity index (χ3v) is 5.63. The topological polar surface area (TPSA) is 56.3 Å². The Morgan fingerprint density at radius 1 is 1.08 bits per heavy atom. The largest absolute Gasteiger partial charge is 0.481 e. The molecule has 0 amide bonds. The lowest BCUT2D eigenvalue weighted by atomic mass is 9.97. The van der Waals surface area contributed by atoms with Crippen molar-refractivity contribution in [1.82, 2.24) is 4.98 Å². The van der Waals surface area contributed by atoms with Crippen LogP contribution in [0.4, 0.5) is 8.78 Å². The lowest BCUT2D eigenvalue weighted by Gasteiger charge is -2.12. The van der Waals surface area contributed by atoms with E-state index in [1.807, 2.05) is 0 Å². The first-order valence-electron chi connectivity index (χ1n) is 8.16. The molecule has 1 aromatic heterocycles. The predicted octanol–water partition coefficient (Wildman–Crippen LogP) is 4.53. The molecule has 0 unspecified atom stereocenters. The van der Waals surface area contributed by atoms with Crippen molar-refractivity contribution in [2.24, 2.45) is 0 Å². The number of rotatable bonds is 5. The number of methoxy groups -OCH3 is 1. The number of sulfone groups is 1. The number of aromatic nitrogens is 1. The van der Waals surface area contributed by atoms with Gasteiger partial charge in [0.05, 0.1) is 17.6 Å². The van der Waals surface area contributed by atoms with E-state index >= 15 is 0 Å². The molecule has 2 aromatic rings. The Hall–Kier alpha value is -2.28. The normalized spacial score (nSPS) is 15.0. The van der Waals surface area contributed by atoms with E-state index in [0.29, 0.717) is 5.56 Å². The molecule has 0 bridgehead atoms. The van der Waals surface area contributed by atoms with Gasteiger partial charge in [0.25, 0.3) is 6.43 Å². The summed E-state index contributed by atoms with van der Waals surface area (Å²) in [7, 11) is -1.94. The number of benzene rings is 1. The number of pyridine rings is 1. The molecule has 0 saturated heterocycles. The van der Waals surface area contributed by atoms with Gasteiger partial charge in [-0.1, -0.05) is 12.1 Å². The van der Waals surface area contributed by atoms with Crippen LogP contribution in [0.25, 0.3) is 11.1 Å². The van der Waals surface area contributed by atoms with Crippen molar-refractivity contribution >= 4 is 21.0 Å². The Morgan fingerprint density at radius 2 is 1.69 bits per heavy atom. The lowest BCUT2D eigenvalue weighted by molar-refractivity contribution is 0.146. The summed E-state index contributed by atoms with van der Waals surface area (Å²) in [5, 5.41) is 0. The van der Waals surface area contributed by atoms with Gasteiger partial charge in [-0.3, -0.25) is 0 Å². The molecule has 26 heavy (non-hydrogen) atoms. The van der Waals surface area contributed by atoms with E-state index in [2.05, 4.69) is 4.98 Å². The van der Waals surface area contributed by atoms with Crippen molar-refractivity contribution < 1.29 is 21.9 Å². The quantitative estimate of drug-likeness (QED) is 0.766. The fraction of sp³-hybridized carbons (Fsp3) is 0.316. The molecule has 0 atom stereocenters. The maximum atomic E-state index is 13.3. The second-order valence-corrected chi connectivity index (χ2v) is 8.25. The molecule has 1 aliphatic rings. The molecule has 0 radical (unpaired) electrons. The average Bonchev–Trinajstić information content (AvgIpc) is 3.10. The molecule has 1 heterocycles. The number of hydrogen-bond acceptors (Lipinski definition) is 4. The standard InChI is InChI=1S/C19H19F2NO3S/c1-25-19-17(18(20)21)10-13(11-22-19)16-5-3-4-15(16)12-6-8-14(9-7-12)26(2,23)24/h6-11,18H,3-5H2,1-2H3. The summed E-state index contributed by atoms with van der Waals surface area (Å²) in [5.74, 6) is -0.0681. The molecule has 0 spiro atoms. The van der Waals surface area contributed by atoms with Crippen molar-refractivity contribution in [2.45, 2.75) is 30.6 Å². The number of allylic oxidation sites excluding steroid dienone is 2. The van der Waals surface area contributed by atoms with E-state index in [0.717, 1.165) is 42.2 Å². The third kappa shape index (κ3) is 3.62. The number of nitrogens with zero attached hydrogens (tertiary/aromatic N) is 1. The van der Waals surface area contributed by atoms with Gasteiger partial charge in [0.15, 0.2) is 9.84 Å². The van der Waals surface area contributed by atoms with Gasteiger partial charge in [0.2, 0.25) is 5.88 Å². The Balaban J connectivity index is 2.05. The first-order chi connectivity index (χ1) is 12.3. The second kappa shape index (κ2) is 7.15. The fourth-order valence-electron chi connectivity index (χ4n) is 3.25. The molecule has 7 heteroatoms. The Morgan fingerprint density at radius 3 is 2.23 bits per heavy atom. The van der Waals surface area contributed by atoms with Crippen molar-refractivity contribution in [2.75, 3.05) is 13.4 Å². The van der Waals surface area contributed by atoms with Crippen LogP contribution in [-0.4, -0.2) is 26.8 Å². The molecule has 1 aliphatic carbocycles. The van der Waals surface area contributed by atoms with Gasteiger partial charge in [0, 0.05) is 12.5 Å². The number of ether oxygens (including phenoxy) is 1. The number of halogens is 2. The molecule has 1 aromatic carbocycles. The maximum Gasteiger partial charge on any atom is 0.269 e. The average molecular weight is 379 g/mol. The van der Waals surface area contributed by atoms with E-state index in [4.69, 9.17) is 4.74 Å². The van der Waals surface area contributed by atoms with Crippen LogP contribution in [0.15, 0.2) is 41.4 Å². The van der Waals surface area contributed by atoms with E-state index in [1.54, 1.807) is 30.5 Å². The van der Waals surface area contributed by atoms with Gasteiger partial charge >= 0.3 is 0 Å². The lowest BCUT2D eigenvalue weighted by Crippen LogP contribution is -1.98. The van der Waals surface area contributed by atoms with Crippen LogP contribution in [0.2, 0.25) is 0 Å². The Bertz CT molecular complexity index is 951. The molecular formula is C19H19F2NO3S. The van der Waals surface area contributed by atoms with Crippen LogP contribution in [0.1, 0.15) is 42.4 Å². The molecule has 0 N–H and O–H groups in total. The summed E-state index contributed by atoms with van der Waals surface area (Å²) in [6.07, 6.45) is 2.53. The maximum absolute atomic E-state index is 13.3. The van der Waals surface area contributed by atoms with Gasteiger partial charge in [-0.05, 0) is 59.7 Å². The van der Waals surface area contributed by atoms with Crippen LogP contribution >= 0.6 is 0 Å². The monoisotopic (exact) mass is 379 g/mol. The molecule has 0 aliphatic heterocycles. The van der Waals surface area contributed by atoms with Crippen LogP contribution < -0.4 is 4.74 Å². The van der Waals surface area contributed by atoms with Gasteiger partial charge in [-0.15, -0.1) is 0 Å². The van der Waals surface area contributed by atoms with Crippen LogP contribution in [0.5, 0.6) is 5.88 Å². The highest BCUT2D eigenvalue weighted by Crippen LogP contribution is 2.41. The Labute approximate surface area is 151 Å². The first-order valence-corrected chi connectivity index (χ1v) is 10.1. The van der Waals surface area contributed by atoms with Crippen LogP contribution in [-0.2, 0) is 9.84 Å². The van der Waals surface area contributed by atoms with Crippen molar-refractivity contribution in [3.8, 4) is 5.88 Å². The highest BCUT2D eigenvalue weighted by Gasteiger charge is 2.22. The van der Waals surface area contributed by atoms with Crippen molar-refractivity contribution in [3.05, 3.63) is 53.2 Å². The van der Waals surface area contributed by atoms with E-state index in [-0.39, 0.29) is 16.3 Å². The number of hydrogen-bond donors (Lipinski definition) is 0. The zero-order valence-corrected chi connectivity index (χ0v) is 15.3. The van der Waals surface area contributed by atoms with Crippen molar-refractivity contribution in [3.63, 3.8) is 0 Å². The Kier molecular flexibility index (Phi) is 5.09. The summed E-state index contributed by atoms with van der Waals surface area (Å²) in [5.41, 5.74) is 3.34. The summed E-state index contributed by atoms with van der Waals surface area (Å²) < 4.78 is 54.7.